The van der Waals surface area contributed by atoms with Crippen molar-refractivity contribution in [1.82, 2.24) is 15.2 Å². The molecule has 19 heavy (non-hydrogen) atoms. The van der Waals surface area contributed by atoms with Gasteiger partial charge in [0.25, 0.3) is 0 Å². The molecule has 2 heterocycles. The second-order valence-electron chi connectivity index (χ2n) is 5.70. The summed E-state index contributed by atoms with van der Waals surface area (Å²) >= 11 is 0. The first-order valence-corrected chi connectivity index (χ1v) is 7.60. The van der Waals surface area contributed by atoms with E-state index in [1.807, 2.05) is 12.3 Å². The number of pyridine rings is 1. The number of nitrogens with zero attached hydrogens (tertiary/aromatic N) is 2. The van der Waals surface area contributed by atoms with Gasteiger partial charge in [0, 0.05) is 18.3 Å². The van der Waals surface area contributed by atoms with E-state index in [4.69, 9.17) is 0 Å². The van der Waals surface area contributed by atoms with Crippen LogP contribution in [0.15, 0.2) is 24.4 Å². The summed E-state index contributed by atoms with van der Waals surface area (Å²) < 4.78 is 0. The second-order valence-corrected chi connectivity index (χ2v) is 5.70. The predicted octanol–water partition coefficient (Wildman–Crippen LogP) is 2.85. The van der Waals surface area contributed by atoms with Crippen LogP contribution in [0.5, 0.6) is 0 Å². The van der Waals surface area contributed by atoms with Gasteiger partial charge in [-0.1, -0.05) is 13.0 Å². The lowest BCUT2D eigenvalue weighted by Crippen LogP contribution is -2.42. The van der Waals surface area contributed by atoms with Gasteiger partial charge in [0.05, 0.1) is 5.69 Å². The third-order valence-electron chi connectivity index (χ3n) is 4.43. The first kappa shape index (κ1) is 14.5. The molecular formula is C16H27N3. The van der Waals surface area contributed by atoms with Gasteiger partial charge < -0.3 is 10.2 Å². The molecule has 0 aromatic carbocycles. The summed E-state index contributed by atoms with van der Waals surface area (Å²) in [5.74, 6) is 0.800. The summed E-state index contributed by atoms with van der Waals surface area (Å²) in [7, 11) is 0. The Hall–Kier alpha value is -0.930. The quantitative estimate of drug-likeness (QED) is 0.883. The van der Waals surface area contributed by atoms with Crippen LogP contribution >= 0.6 is 0 Å². The number of rotatable bonds is 5. The highest BCUT2D eigenvalue weighted by atomic mass is 15.1. The summed E-state index contributed by atoms with van der Waals surface area (Å²) in [6.45, 7) is 10.5. The highest BCUT2D eigenvalue weighted by Gasteiger charge is 2.24. The van der Waals surface area contributed by atoms with Crippen LogP contribution in [0.1, 0.15) is 45.3 Å². The Morgan fingerprint density at radius 2 is 2.05 bits per heavy atom. The third kappa shape index (κ3) is 4.02. The molecule has 0 radical (unpaired) electrons. The molecule has 0 spiro atoms. The predicted molar refractivity (Wildman–Crippen MR) is 80.1 cm³/mol. The molecule has 2 rings (SSSR count). The Labute approximate surface area is 117 Å². The fraction of sp³-hybridized carbons (Fsp3) is 0.688. The monoisotopic (exact) mass is 261 g/mol. The van der Waals surface area contributed by atoms with Gasteiger partial charge in [-0.3, -0.25) is 4.98 Å². The van der Waals surface area contributed by atoms with Gasteiger partial charge in [-0.15, -0.1) is 0 Å². The Kier molecular flexibility index (Phi) is 5.34. The molecule has 3 nitrogen and oxygen atoms in total. The van der Waals surface area contributed by atoms with E-state index < -0.39 is 0 Å². The molecule has 1 aromatic heterocycles. The highest BCUT2D eigenvalue weighted by Crippen LogP contribution is 2.22. The fourth-order valence-electron chi connectivity index (χ4n) is 3.02. The van der Waals surface area contributed by atoms with E-state index in [-0.39, 0.29) is 0 Å². The van der Waals surface area contributed by atoms with Crippen LogP contribution in [-0.4, -0.2) is 35.6 Å². The molecule has 1 N–H and O–H groups in total. The van der Waals surface area contributed by atoms with Gasteiger partial charge >= 0.3 is 0 Å². The smallest absolute Gasteiger partial charge is 0.0570 e. The largest absolute Gasteiger partial charge is 0.306 e. The van der Waals surface area contributed by atoms with Crippen molar-refractivity contribution in [3.63, 3.8) is 0 Å². The second kappa shape index (κ2) is 7.01. The van der Waals surface area contributed by atoms with Crippen molar-refractivity contribution in [1.29, 1.82) is 0 Å². The van der Waals surface area contributed by atoms with E-state index in [1.54, 1.807) is 0 Å². The SMILES string of the molecule is CCN1CCC(C(C)N[C@H](C)c2ccccn2)CC1. The van der Waals surface area contributed by atoms with E-state index in [9.17, 15) is 0 Å². The molecule has 1 aliphatic rings. The molecule has 106 valence electrons. The van der Waals surface area contributed by atoms with Crippen molar-refractivity contribution in [2.45, 2.75) is 45.7 Å². The molecule has 2 atom stereocenters. The minimum Gasteiger partial charge on any atom is -0.306 e. The van der Waals surface area contributed by atoms with Crippen molar-refractivity contribution in [2.75, 3.05) is 19.6 Å². The lowest BCUT2D eigenvalue weighted by Gasteiger charge is -2.35. The van der Waals surface area contributed by atoms with Crippen molar-refractivity contribution < 1.29 is 0 Å². The maximum absolute atomic E-state index is 4.43. The zero-order valence-electron chi connectivity index (χ0n) is 12.5. The fourth-order valence-corrected chi connectivity index (χ4v) is 3.02. The summed E-state index contributed by atoms with van der Waals surface area (Å²) in [6.07, 6.45) is 4.51. The summed E-state index contributed by atoms with van der Waals surface area (Å²) in [5, 5.41) is 3.72. The molecule has 1 aromatic rings. The van der Waals surface area contributed by atoms with Crippen LogP contribution in [0.25, 0.3) is 0 Å². The Bertz CT molecular complexity index is 358. The number of piperidine rings is 1. The minimum absolute atomic E-state index is 0.334. The third-order valence-corrected chi connectivity index (χ3v) is 4.43. The summed E-state index contributed by atoms with van der Waals surface area (Å²) in [5.41, 5.74) is 1.14. The van der Waals surface area contributed by atoms with Crippen molar-refractivity contribution >= 4 is 0 Å². The Morgan fingerprint density at radius 3 is 2.63 bits per heavy atom. The lowest BCUT2D eigenvalue weighted by molar-refractivity contribution is 0.165. The highest BCUT2D eigenvalue weighted by molar-refractivity contribution is 5.07. The van der Waals surface area contributed by atoms with E-state index >= 15 is 0 Å². The normalized spacial score (nSPS) is 21.2. The zero-order chi connectivity index (χ0) is 13.7. The Morgan fingerprint density at radius 1 is 1.32 bits per heavy atom. The number of nitrogens with one attached hydrogen (secondary N) is 1. The van der Waals surface area contributed by atoms with Crippen molar-refractivity contribution in [3.8, 4) is 0 Å². The molecular weight excluding hydrogens is 234 g/mol. The molecule has 0 amide bonds. The van der Waals surface area contributed by atoms with E-state index in [1.165, 1.54) is 32.5 Å². The van der Waals surface area contributed by atoms with Crippen LogP contribution in [0.4, 0.5) is 0 Å². The van der Waals surface area contributed by atoms with Gasteiger partial charge in [0.15, 0.2) is 0 Å². The van der Waals surface area contributed by atoms with Crippen molar-refractivity contribution in [2.24, 2.45) is 5.92 Å². The van der Waals surface area contributed by atoms with E-state index in [2.05, 4.69) is 48.1 Å². The lowest BCUT2D eigenvalue weighted by atomic mass is 9.90. The molecule has 1 aliphatic heterocycles. The minimum atomic E-state index is 0.334. The molecule has 3 heteroatoms. The standard InChI is InChI=1S/C16H27N3/c1-4-19-11-8-15(9-12-19)13(2)18-14(3)16-7-5-6-10-17-16/h5-7,10,13-15,18H,4,8-9,11-12H2,1-3H3/t13?,14-/m1/s1. The molecule has 1 fully saturated rings. The van der Waals surface area contributed by atoms with Gasteiger partial charge in [0.1, 0.15) is 0 Å². The summed E-state index contributed by atoms with van der Waals surface area (Å²) in [4.78, 5) is 6.98. The van der Waals surface area contributed by atoms with E-state index in [0.29, 0.717) is 12.1 Å². The maximum atomic E-state index is 4.43. The number of hydrogen-bond donors (Lipinski definition) is 1. The average Bonchev–Trinajstić information content (AvgIpc) is 2.48. The number of hydrogen-bond acceptors (Lipinski definition) is 3. The number of likely N-dealkylation sites (tertiary alicyclic amines) is 1. The van der Waals surface area contributed by atoms with Crippen molar-refractivity contribution in [3.05, 3.63) is 30.1 Å². The first-order chi connectivity index (χ1) is 9.20. The maximum Gasteiger partial charge on any atom is 0.0570 e. The van der Waals surface area contributed by atoms with Gasteiger partial charge in [-0.2, -0.15) is 0 Å². The van der Waals surface area contributed by atoms with E-state index in [0.717, 1.165) is 11.6 Å². The van der Waals surface area contributed by atoms with Crippen LogP contribution in [0, 0.1) is 5.92 Å². The summed E-state index contributed by atoms with van der Waals surface area (Å²) in [6, 6.07) is 7.03. The Balaban J connectivity index is 1.83. The topological polar surface area (TPSA) is 28.2 Å². The van der Waals surface area contributed by atoms with Crippen LogP contribution < -0.4 is 5.32 Å². The molecule has 1 saturated heterocycles. The van der Waals surface area contributed by atoms with Crippen LogP contribution in [0.3, 0.4) is 0 Å². The van der Waals surface area contributed by atoms with Gasteiger partial charge in [0.2, 0.25) is 0 Å². The van der Waals surface area contributed by atoms with Crippen LogP contribution in [0.2, 0.25) is 0 Å². The van der Waals surface area contributed by atoms with Gasteiger partial charge in [-0.05, 0) is 64.4 Å². The first-order valence-electron chi connectivity index (χ1n) is 7.60. The molecule has 0 aliphatic carbocycles. The van der Waals surface area contributed by atoms with Crippen LogP contribution in [-0.2, 0) is 0 Å². The molecule has 0 saturated carbocycles. The number of aromatic nitrogens is 1. The zero-order valence-corrected chi connectivity index (χ0v) is 12.5. The molecule has 0 bridgehead atoms. The van der Waals surface area contributed by atoms with Gasteiger partial charge in [-0.25, -0.2) is 0 Å². The average molecular weight is 261 g/mol. The molecule has 1 unspecified atom stereocenters.